The molecule has 138 valence electrons. The van der Waals surface area contributed by atoms with Crippen LogP contribution in [0.25, 0.3) is 10.2 Å². The molecule has 2 aliphatic heterocycles. The van der Waals surface area contributed by atoms with Crippen molar-refractivity contribution in [2.45, 2.75) is 23.3 Å². The number of hydrogen-bond donors (Lipinski definition) is 1. The van der Waals surface area contributed by atoms with Crippen LogP contribution in [0.15, 0.2) is 24.4 Å². The standard InChI is InChI=1S/C18H15ClN4OS3/c1-25-17(4-5-17)13-7-20-15(27-13)14(24)22-18-8-23(18,9-18)16-21-11-3-2-10(19)6-12(11)26-16/h2-3,6-7H,4-5,8-9H2,1H3/p+1. The van der Waals surface area contributed by atoms with Crippen LogP contribution in [0.3, 0.4) is 0 Å². The number of amides is 1. The number of carbonyl (C=O) groups excluding carboxylic acids is 1. The van der Waals surface area contributed by atoms with Crippen LogP contribution < -0.4 is 9.80 Å². The normalized spacial score (nSPS) is 29.4. The molecule has 1 saturated carbocycles. The first-order chi connectivity index (χ1) is 13.0. The zero-order valence-corrected chi connectivity index (χ0v) is 17.7. The highest BCUT2D eigenvalue weighted by molar-refractivity contribution is 7.99. The van der Waals surface area contributed by atoms with Gasteiger partial charge in [-0.25, -0.2) is 9.47 Å². The first-order valence-corrected chi connectivity index (χ1v) is 12.0. The van der Waals surface area contributed by atoms with E-state index < -0.39 is 0 Å². The van der Waals surface area contributed by atoms with Crippen LogP contribution in [-0.4, -0.2) is 40.9 Å². The molecule has 1 aliphatic carbocycles. The summed E-state index contributed by atoms with van der Waals surface area (Å²) >= 11 is 11.2. The molecule has 5 nitrogen and oxygen atoms in total. The summed E-state index contributed by atoms with van der Waals surface area (Å²) in [4.78, 5) is 23.2. The van der Waals surface area contributed by atoms with Crippen LogP contribution in [0.4, 0.5) is 5.13 Å². The summed E-state index contributed by atoms with van der Waals surface area (Å²) in [5.41, 5.74) is 0.805. The van der Waals surface area contributed by atoms with Crippen molar-refractivity contribution < 1.29 is 4.79 Å². The largest absolute Gasteiger partial charge is 0.290 e. The Morgan fingerprint density at radius 2 is 2.15 bits per heavy atom. The van der Waals surface area contributed by atoms with Crippen molar-refractivity contribution in [1.29, 1.82) is 0 Å². The van der Waals surface area contributed by atoms with E-state index in [4.69, 9.17) is 16.6 Å². The van der Waals surface area contributed by atoms with Crippen LogP contribution in [0.1, 0.15) is 27.5 Å². The van der Waals surface area contributed by atoms with Gasteiger partial charge < -0.3 is 0 Å². The van der Waals surface area contributed by atoms with Crippen molar-refractivity contribution in [3.05, 3.63) is 39.3 Å². The van der Waals surface area contributed by atoms with Crippen LogP contribution in [0, 0.1) is 0 Å². The van der Waals surface area contributed by atoms with E-state index in [-0.39, 0.29) is 16.3 Å². The molecule has 0 unspecified atom stereocenters. The molecule has 0 bridgehead atoms. The number of thiazole rings is 2. The Morgan fingerprint density at radius 3 is 2.89 bits per heavy atom. The maximum Gasteiger partial charge on any atom is 0.290 e. The summed E-state index contributed by atoms with van der Waals surface area (Å²) < 4.78 is 2.08. The van der Waals surface area contributed by atoms with E-state index in [0.29, 0.717) is 5.01 Å². The van der Waals surface area contributed by atoms with E-state index in [1.165, 1.54) is 17.7 Å². The maximum atomic E-state index is 12.8. The molecule has 3 fully saturated rings. The van der Waals surface area contributed by atoms with Gasteiger partial charge in [0, 0.05) is 16.1 Å². The Labute approximate surface area is 173 Å². The molecule has 4 heterocycles. The third-order valence-electron chi connectivity index (χ3n) is 5.97. The molecule has 2 aromatic heterocycles. The summed E-state index contributed by atoms with van der Waals surface area (Å²) in [6.45, 7) is 1.83. The van der Waals surface area contributed by atoms with Gasteiger partial charge in [-0.05, 0) is 37.3 Å². The van der Waals surface area contributed by atoms with E-state index >= 15 is 0 Å². The van der Waals surface area contributed by atoms with Crippen molar-refractivity contribution >= 4 is 67.3 Å². The topological polar surface area (TPSA) is 54.9 Å². The molecule has 0 spiro atoms. The first kappa shape index (κ1) is 16.7. The predicted octanol–water partition coefficient (Wildman–Crippen LogP) is 4.22. The van der Waals surface area contributed by atoms with E-state index in [1.54, 1.807) is 22.7 Å². The maximum absolute atomic E-state index is 12.8. The van der Waals surface area contributed by atoms with Gasteiger partial charge in [-0.2, -0.15) is 16.7 Å². The van der Waals surface area contributed by atoms with Crippen molar-refractivity contribution in [1.82, 2.24) is 19.8 Å². The highest BCUT2D eigenvalue weighted by Crippen LogP contribution is 2.62. The van der Waals surface area contributed by atoms with Crippen LogP contribution in [-0.2, 0) is 4.75 Å². The number of rotatable bonds is 5. The number of nitrogens with zero attached hydrogens (tertiary/aromatic N) is 3. The number of benzene rings is 1. The Hall–Kier alpha value is -1.19. The van der Waals surface area contributed by atoms with E-state index in [0.717, 1.165) is 37.9 Å². The summed E-state index contributed by atoms with van der Waals surface area (Å²) in [6.07, 6.45) is 6.39. The molecule has 0 atom stereocenters. The molecule has 0 radical (unpaired) electrons. The minimum atomic E-state index is -0.169. The number of thioether (sulfide) groups is 1. The minimum absolute atomic E-state index is 0.0511. The molecule has 1 amide bonds. The van der Waals surface area contributed by atoms with Gasteiger partial charge in [-0.15, -0.1) is 11.3 Å². The van der Waals surface area contributed by atoms with E-state index in [2.05, 4.69) is 16.6 Å². The number of quaternary nitrogens is 1. The van der Waals surface area contributed by atoms with Crippen molar-refractivity contribution in [3.63, 3.8) is 0 Å². The molecular weight excluding hydrogens is 420 g/mol. The van der Waals surface area contributed by atoms with Crippen LogP contribution >= 0.6 is 46.0 Å². The van der Waals surface area contributed by atoms with Gasteiger partial charge in [-0.1, -0.05) is 22.9 Å². The number of nitrogens with one attached hydrogen (secondary N) is 1. The van der Waals surface area contributed by atoms with Gasteiger partial charge in [0.2, 0.25) is 0 Å². The van der Waals surface area contributed by atoms with Crippen LogP contribution in [0.5, 0.6) is 0 Å². The van der Waals surface area contributed by atoms with Gasteiger partial charge in [0.05, 0.1) is 15.0 Å². The summed E-state index contributed by atoms with van der Waals surface area (Å²) in [6, 6.07) is 5.79. The predicted molar refractivity (Wildman–Crippen MR) is 113 cm³/mol. The second-order valence-corrected chi connectivity index (χ2v) is 11.3. The smallest absolute Gasteiger partial charge is 0.288 e. The quantitative estimate of drug-likeness (QED) is 0.481. The lowest BCUT2D eigenvalue weighted by molar-refractivity contribution is 0.0943. The van der Waals surface area contributed by atoms with E-state index in [1.807, 2.05) is 36.2 Å². The fourth-order valence-corrected chi connectivity index (χ4v) is 7.42. The Kier molecular flexibility index (Phi) is 3.25. The van der Waals surface area contributed by atoms with Crippen molar-refractivity contribution in [3.8, 4) is 0 Å². The lowest BCUT2D eigenvalue weighted by Gasteiger charge is -2.06. The minimum Gasteiger partial charge on any atom is -0.288 e. The number of carbonyl (C=O) groups is 1. The number of aromatic nitrogens is 2. The second-order valence-electron chi connectivity index (χ2n) is 7.61. The number of fused-ring (bicyclic) bond motifs is 2. The molecule has 6 rings (SSSR count). The fraction of sp³-hybridized carbons (Fsp3) is 0.389. The van der Waals surface area contributed by atoms with Gasteiger partial charge in [0.1, 0.15) is 0 Å². The van der Waals surface area contributed by atoms with Crippen molar-refractivity contribution in [2.75, 3.05) is 19.3 Å². The zero-order chi connectivity index (χ0) is 18.4. The first-order valence-electron chi connectivity index (χ1n) is 8.77. The van der Waals surface area contributed by atoms with Gasteiger partial charge in [0.25, 0.3) is 16.7 Å². The zero-order valence-electron chi connectivity index (χ0n) is 14.5. The summed E-state index contributed by atoms with van der Waals surface area (Å²) in [7, 11) is 0. The third-order valence-corrected chi connectivity index (χ3v) is 10.1. The molecular formula is C18H16ClN4OS3+. The van der Waals surface area contributed by atoms with Gasteiger partial charge >= 0.3 is 0 Å². The average Bonchev–Trinajstić information content (AvgIpc) is 3.54. The monoisotopic (exact) mass is 435 g/mol. The third kappa shape index (κ3) is 2.31. The lowest BCUT2D eigenvalue weighted by atomic mass is 10.3. The highest BCUT2D eigenvalue weighted by Gasteiger charge is 2.92. The molecule has 1 aromatic carbocycles. The average molecular weight is 436 g/mol. The SMILES string of the molecule is CSC1(c2cnc(C(=O)NC34C[N+]3(c3nc5ccc(Cl)cc5s3)C4)s2)CC1. The van der Waals surface area contributed by atoms with Crippen molar-refractivity contribution in [2.24, 2.45) is 0 Å². The molecule has 27 heavy (non-hydrogen) atoms. The van der Waals surface area contributed by atoms with Crippen LogP contribution in [0.2, 0.25) is 5.02 Å². The Bertz CT molecular complexity index is 1110. The molecule has 3 aliphatic rings. The number of halogens is 1. The summed E-state index contributed by atoms with van der Waals surface area (Å²) in [5.74, 6) is -0.0511. The van der Waals surface area contributed by atoms with Gasteiger partial charge in [-0.3, -0.25) is 10.1 Å². The lowest BCUT2D eigenvalue weighted by Crippen LogP contribution is -2.33. The van der Waals surface area contributed by atoms with E-state index in [9.17, 15) is 4.79 Å². The number of hydrogen-bond acceptors (Lipinski definition) is 6. The summed E-state index contributed by atoms with van der Waals surface area (Å²) in [5, 5.41) is 5.60. The molecule has 3 aromatic rings. The Morgan fingerprint density at radius 1 is 1.33 bits per heavy atom. The second kappa shape index (κ2) is 5.24. The fourth-order valence-electron chi connectivity index (χ4n) is 3.87. The molecule has 2 saturated heterocycles. The highest BCUT2D eigenvalue weighted by atomic mass is 35.5. The molecule has 9 heteroatoms. The molecule has 1 N–H and O–H groups in total. The van der Waals surface area contributed by atoms with Gasteiger partial charge in [0.15, 0.2) is 18.1 Å². The Balaban J connectivity index is 1.21.